The first-order valence-corrected chi connectivity index (χ1v) is 5.58. The van der Waals surface area contributed by atoms with Crippen molar-refractivity contribution in [3.63, 3.8) is 0 Å². The van der Waals surface area contributed by atoms with Gasteiger partial charge in [-0.2, -0.15) is 0 Å². The first-order valence-electron chi connectivity index (χ1n) is 5.58. The molecule has 1 N–H and O–H groups in total. The van der Waals surface area contributed by atoms with Crippen LogP contribution in [0.5, 0.6) is 0 Å². The predicted molar refractivity (Wildman–Crippen MR) is 60.1 cm³/mol. The van der Waals surface area contributed by atoms with Gasteiger partial charge in [-0.3, -0.25) is 4.90 Å². The zero-order valence-corrected chi connectivity index (χ0v) is 9.93. The van der Waals surface area contributed by atoms with Crippen LogP contribution in [0, 0.1) is 0 Å². The predicted octanol–water partition coefficient (Wildman–Crippen LogP) is 2.10. The fourth-order valence-electron chi connectivity index (χ4n) is 1.65. The second-order valence-corrected chi connectivity index (χ2v) is 3.85. The number of hydrogen-bond donors (Lipinski definition) is 1. The maximum Gasteiger partial charge on any atom is 0.0218 e. The highest BCUT2D eigenvalue weighted by atomic mass is 15.2. The summed E-state index contributed by atoms with van der Waals surface area (Å²) in [6, 6.07) is 1.22. The van der Waals surface area contributed by atoms with E-state index in [0.29, 0.717) is 12.1 Å². The van der Waals surface area contributed by atoms with Crippen molar-refractivity contribution >= 4 is 0 Å². The molecule has 0 amide bonds. The van der Waals surface area contributed by atoms with E-state index in [1.807, 2.05) is 7.05 Å². The quantitative estimate of drug-likeness (QED) is 0.655. The summed E-state index contributed by atoms with van der Waals surface area (Å²) in [5.74, 6) is 0. The monoisotopic (exact) mass is 186 g/mol. The third-order valence-electron chi connectivity index (χ3n) is 2.78. The standard InChI is InChI=1S/C11H26N2/c1-6-8-13(9-7-2)11(4)10(3)12-5/h10-12H,6-9H2,1-5H3. The van der Waals surface area contributed by atoms with Crippen LogP contribution >= 0.6 is 0 Å². The SMILES string of the molecule is CCCN(CCC)C(C)C(C)NC. The molecule has 13 heavy (non-hydrogen) atoms. The lowest BCUT2D eigenvalue weighted by molar-refractivity contribution is 0.178. The van der Waals surface area contributed by atoms with Crippen LogP contribution in [0.4, 0.5) is 0 Å². The molecular formula is C11H26N2. The molecule has 2 atom stereocenters. The van der Waals surface area contributed by atoms with E-state index in [1.54, 1.807) is 0 Å². The third kappa shape index (κ3) is 4.63. The molecule has 0 saturated carbocycles. The van der Waals surface area contributed by atoms with E-state index >= 15 is 0 Å². The lowest BCUT2D eigenvalue weighted by atomic mass is 10.1. The number of rotatable bonds is 7. The highest BCUT2D eigenvalue weighted by Crippen LogP contribution is 2.05. The Morgan fingerprint density at radius 3 is 1.85 bits per heavy atom. The van der Waals surface area contributed by atoms with Gasteiger partial charge in [-0.25, -0.2) is 0 Å². The largest absolute Gasteiger partial charge is 0.316 e. The average molecular weight is 186 g/mol. The first-order chi connectivity index (χ1) is 6.17. The summed E-state index contributed by atoms with van der Waals surface area (Å²) in [6.45, 7) is 11.5. The summed E-state index contributed by atoms with van der Waals surface area (Å²) in [7, 11) is 2.04. The molecule has 0 aliphatic carbocycles. The van der Waals surface area contributed by atoms with Crippen LogP contribution < -0.4 is 5.32 Å². The third-order valence-corrected chi connectivity index (χ3v) is 2.78. The Bertz CT molecular complexity index is 109. The van der Waals surface area contributed by atoms with Crippen LogP contribution in [0.15, 0.2) is 0 Å². The summed E-state index contributed by atoms with van der Waals surface area (Å²) in [6.07, 6.45) is 2.50. The molecule has 0 saturated heterocycles. The van der Waals surface area contributed by atoms with Crippen LogP contribution in [0.25, 0.3) is 0 Å². The lowest BCUT2D eigenvalue weighted by Gasteiger charge is -2.32. The van der Waals surface area contributed by atoms with Crippen molar-refractivity contribution in [3.05, 3.63) is 0 Å². The van der Waals surface area contributed by atoms with Crippen LogP contribution in [-0.4, -0.2) is 37.1 Å². The summed E-state index contributed by atoms with van der Waals surface area (Å²) in [4.78, 5) is 2.57. The molecule has 0 rings (SSSR count). The van der Waals surface area contributed by atoms with Gasteiger partial charge in [0.15, 0.2) is 0 Å². The maximum absolute atomic E-state index is 3.32. The summed E-state index contributed by atoms with van der Waals surface area (Å²) >= 11 is 0. The molecule has 0 aliphatic rings. The van der Waals surface area contributed by atoms with Gasteiger partial charge in [0.1, 0.15) is 0 Å². The molecule has 0 heterocycles. The van der Waals surface area contributed by atoms with E-state index in [1.165, 1.54) is 25.9 Å². The van der Waals surface area contributed by atoms with Crippen LogP contribution in [0.2, 0.25) is 0 Å². The van der Waals surface area contributed by atoms with Crippen molar-refractivity contribution in [2.45, 2.75) is 52.6 Å². The Kier molecular flexibility index (Phi) is 7.29. The topological polar surface area (TPSA) is 15.3 Å². The van der Waals surface area contributed by atoms with Gasteiger partial charge in [-0.1, -0.05) is 13.8 Å². The van der Waals surface area contributed by atoms with E-state index in [2.05, 4.69) is 37.9 Å². The molecule has 0 spiro atoms. The zero-order chi connectivity index (χ0) is 10.3. The molecule has 2 unspecified atom stereocenters. The molecule has 80 valence electrons. The van der Waals surface area contributed by atoms with E-state index in [4.69, 9.17) is 0 Å². The number of nitrogens with zero attached hydrogens (tertiary/aromatic N) is 1. The second kappa shape index (κ2) is 7.34. The molecule has 0 aliphatic heterocycles. The van der Waals surface area contributed by atoms with Gasteiger partial charge in [-0.05, 0) is 46.8 Å². The molecule has 2 nitrogen and oxygen atoms in total. The molecule has 0 radical (unpaired) electrons. The second-order valence-electron chi connectivity index (χ2n) is 3.85. The van der Waals surface area contributed by atoms with Crippen molar-refractivity contribution in [2.24, 2.45) is 0 Å². The van der Waals surface area contributed by atoms with E-state index in [0.717, 1.165) is 0 Å². The van der Waals surface area contributed by atoms with Gasteiger partial charge in [0.05, 0.1) is 0 Å². The van der Waals surface area contributed by atoms with Crippen molar-refractivity contribution in [3.8, 4) is 0 Å². The van der Waals surface area contributed by atoms with Gasteiger partial charge < -0.3 is 5.32 Å². The summed E-state index contributed by atoms with van der Waals surface area (Å²) < 4.78 is 0. The fourth-order valence-corrected chi connectivity index (χ4v) is 1.65. The Labute approximate surface area is 83.7 Å². The van der Waals surface area contributed by atoms with Crippen LogP contribution in [0.1, 0.15) is 40.5 Å². The minimum atomic E-state index is 0.582. The molecule has 0 aromatic carbocycles. The lowest BCUT2D eigenvalue weighted by Crippen LogP contribution is -2.46. The van der Waals surface area contributed by atoms with Gasteiger partial charge >= 0.3 is 0 Å². The molecule has 0 aromatic heterocycles. The summed E-state index contributed by atoms with van der Waals surface area (Å²) in [5, 5.41) is 3.32. The average Bonchev–Trinajstić information content (AvgIpc) is 2.15. The van der Waals surface area contributed by atoms with Crippen molar-refractivity contribution in [1.82, 2.24) is 10.2 Å². The van der Waals surface area contributed by atoms with Crippen molar-refractivity contribution in [1.29, 1.82) is 0 Å². The molecule has 0 bridgehead atoms. The smallest absolute Gasteiger partial charge is 0.0218 e. The van der Waals surface area contributed by atoms with Gasteiger partial charge in [0.2, 0.25) is 0 Å². The Morgan fingerprint density at radius 1 is 1.08 bits per heavy atom. The molecule has 2 heteroatoms. The summed E-state index contributed by atoms with van der Waals surface area (Å²) in [5.41, 5.74) is 0. The number of hydrogen-bond acceptors (Lipinski definition) is 2. The highest BCUT2D eigenvalue weighted by Gasteiger charge is 2.16. The minimum absolute atomic E-state index is 0.582. The Morgan fingerprint density at radius 2 is 1.54 bits per heavy atom. The van der Waals surface area contributed by atoms with Gasteiger partial charge in [0, 0.05) is 12.1 Å². The van der Waals surface area contributed by atoms with Gasteiger partial charge in [-0.15, -0.1) is 0 Å². The van der Waals surface area contributed by atoms with Gasteiger partial charge in [0.25, 0.3) is 0 Å². The van der Waals surface area contributed by atoms with Crippen LogP contribution in [-0.2, 0) is 0 Å². The normalized spacial score (nSPS) is 16.2. The van der Waals surface area contributed by atoms with E-state index in [9.17, 15) is 0 Å². The first kappa shape index (κ1) is 12.9. The fraction of sp³-hybridized carbons (Fsp3) is 1.00. The number of nitrogens with one attached hydrogen (secondary N) is 1. The zero-order valence-electron chi connectivity index (χ0n) is 9.93. The highest BCUT2D eigenvalue weighted by molar-refractivity contribution is 4.76. The van der Waals surface area contributed by atoms with E-state index in [-0.39, 0.29) is 0 Å². The maximum atomic E-state index is 3.32. The van der Waals surface area contributed by atoms with Crippen molar-refractivity contribution in [2.75, 3.05) is 20.1 Å². The van der Waals surface area contributed by atoms with Crippen LogP contribution in [0.3, 0.4) is 0 Å². The molecule has 0 fully saturated rings. The molecule has 0 aromatic rings. The molecular weight excluding hydrogens is 160 g/mol. The van der Waals surface area contributed by atoms with Crippen molar-refractivity contribution < 1.29 is 0 Å². The Balaban J connectivity index is 4.00. The number of likely N-dealkylation sites (N-methyl/N-ethyl adjacent to an activating group) is 1. The Hall–Kier alpha value is -0.0800. The van der Waals surface area contributed by atoms with E-state index < -0.39 is 0 Å². The minimum Gasteiger partial charge on any atom is -0.316 e.